The van der Waals surface area contributed by atoms with Gasteiger partial charge < -0.3 is 0 Å². The zero-order valence-electron chi connectivity index (χ0n) is 8.79. The second-order valence-corrected chi connectivity index (χ2v) is 4.69. The predicted molar refractivity (Wildman–Crippen MR) is 71.9 cm³/mol. The third-order valence-corrected chi connectivity index (χ3v) is 4.02. The van der Waals surface area contributed by atoms with E-state index in [1.165, 1.54) is 25.8 Å². The minimum atomic E-state index is 1.19. The van der Waals surface area contributed by atoms with Crippen LogP contribution in [0, 0.1) is 17.4 Å². The normalized spacial score (nSPS) is 10.3. The molecule has 0 unspecified atom stereocenters. The molecule has 0 radical (unpaired) electrons. The van der Waals surface area contributed by atoms with Crippen molar-refractivity contribution in [3.05, 3.63) is 51.4 Å². The molecule has 0 spiro atoms. The smallest absolute Gasteiger partial charge is 0.0346 e. The van der Waals surface area contributed by atoms with Crippen LogP contribution in [0.25, 0.3) is 11.1 Å². The van der Waals surface area contributed by atoms with Crippen LogP contribution in [0.5, 0.6) is 0 Å². The van der Waals surface area contributed by atoms with Gasteiger partial charge in [0, 0.05) is 21.5 Å². The fourth-order valence-corrected chi connectivity index (χ4v) is 2.44. The molecule has 0 saturated heterocycles. The Hall–Kier alpha value is -0.900. The van der Waals surface area contributed by atoms with E-state index in [1.54, 1.807) is 6.20 Å². The largest absolute Gasteiger partial charge is 0.264 e. The topological polar surface area (TPSA) is 12.9 Å². The standard InChI is InChI=1S/C13H12IN/c1-9-5-6-12(13(14)10(9)2)11-4-3-7-15-8-11/h3-8H,1-2H3. The Morgan fingerprint density at radius 1 is 1.13 bits per heavy atom. The first-order chi connectivity index (χ1) is 7.20. The molecular weight excluding hydrogens is 297 g/mol. The van der Waals surface area contributed by atoms with E-state index in [4.69, 9.17) is 0 Å². The van der Waals surface area contributed by atoms with E-state index < -0.39 is 0 Å². The summed E-state index contributed by atoms with van der Waals surface area (Å²) in [6.07, 6.45) is 3.71. The van der Waals surface area contributed by atoms with Crippen LogP contribution in [0.2, 0.25) is 0 Å². The lowest BCUT2D eigenvalue weighted by atomic mass is 10.0. The molecule has 0 aliphatic heterocycles. The molecule has 2 aromatic rings. The Labute approximate surface area is 104 Å². The van der Waals surface area contributed by atoms with Crippen LogP contribution >= 0.6 is 22.6 Å². The van der Waals surface area contributed by atoms with Gasteiger partial charge in [0.2, 0.25) is 0 Å². The molecule has 2 heteroatoms. The number of benzene rings is 1. The van der Waals surface area contributed by atoms with Crippen molar-refractivity contribution in [3.63, 3.8) is 0 Å². The lowest BCUT2D eigenvalue weighted by Crippen LogP contribution is -1.90. The van der Waals surface area contributed by atoms with Gasteiger partial charge in [0.25, 0.3) is 0 Å². The summed E-state index contributed by atoms with van der Waals surface area (Å²) in [6.45, 7) is 4.31. The molecule has 0 bridgehead atoms. The molecule has 0 fully saturated rings. The predicted octanol–water partition coefficient (Wildman–Crippen LogP) is 3.97. The highest BCUT2D eigenvalue weighted by atomic mass is 127. The highest BCUT2D eigenvalue weighted by Gasteiger charge is 2.06. The number of hydrogen-bond donors (Lipinski definition) is 0. The number of halogens is 1. The van der Waals surface area contributed by atoms with E-state index in [0.29, 0.717) is 0 Å². The van der Waals surface area contributed by atoms with Crippen LogP contribution in [-0.2, 0) is 0 Å². The zero-order chi connectivity index (χ0) is 10.8. The molecule has 0 amide bonds. The van der Waals surface area contributed by atoms with Gasteiger partial charge in [0.05, 0.1) is 0 Å². The average molecular weight is 309 g/mol. The Morgan fingerprint density at radius 2 is 1.93 bits per heavy atom. The summed E-state index contributed by atoms with van der Waals surface area (Å²) in [6, 6.07) is 8.40. The molecule has 0 aliphatic carbocycles. The molecule has 1 heterocycles. The first-order valence-corrected chi connectivity index (χ1v) is 5.94. The highest BCUT2D eigenvalue weighted by molar-refractivity contribution is 14.1. The summed E-state index contributed by atoms with van der Waals surface area (Å²) in [7, 11) is 0. The Bertz CT molecular complexity index is 477. The van der Waals surface area contributed by atoms with Crippen molar-refractivity contribution in [2.75, 3.05) is 0 Å². The van der Waals surface area contributed by atoms with Crippen molar-refractivity contribution in [2.24, 2.45) is 0 Å². The van der Waals surface area contributed by atoms with Gasteiger partial charge in [-0.05, 0) is 59.2 Å². The average Bonchev–Trinajstić information content (AvgIpc) is 2.27. The first-order valence-electron chi connectivity index (χ1n) is 4.86. The van der Waals surface area contributed by atoms with E-state index >= 15 is 0 Å². The van der Waals surface area contributed by atoms with E-state index in [-0.39, 0.29) is 0 Å². The summed E-state index contributed by atoms with van der Waals surface area (Å²) >= 11 is 2.41. The van der Waals surface area contributed by atoms with Gasteiger partial charge in [0.15, 0.2) is 0 Å². The molecule has 15 heavy (non-hydrogen) atoms. The van der Waals surface area contributed by atoms with E-state index in [2.05, 4.69) is 59.6 Å². The number of hydrogen-bond acceptors (Lipinski definition) is 1. The van der Waals surface area contributed by atoms with Crippen molar-refractivity contribution in [1.29, 1.82) is 0 Å². The second kappa shape index (κ2) is 4.31. The van der Waals surface area contributed by atoms with Crippen LogP contribution < -0.4 is 0 Å². The molecule has 76 valence electrons. The fourth-order valence-electron chi connectivity index (χ4n) is 1.53. The fraction of sp³-hybridized carbons (Fsp3) is 0.154. The molecule has 2 rings (SSSR count). The number of aryl methyl sites for hydroxylation is 1. The first kappa shape index (κ1) is 10.6. The Balaban J connectivity index is 2.60. The van der Waals surface area contributed by atoms with Crippen molar-refractivity contribution in [3.8, 4) is 11.1 Å². The summed E-state index contributed by atoms with van der Waals surface area (Å²) in [5.74, 6) is 0. The Morgan fingerprint density at radius 3 is 2.60 bits per heavy atom. The van der Waals surface area contributed by atoms with E-state index in [0.717, 1.165) is 0 Å². The molecule has 1 aromatic heterocycles. The van der Waals surface area contributed by atoms with Crippen LogP contribution in [0.15, 0.2) is 36.7 Å². The van der Waals surface area contributed by atoms with Gasteiger partial charge in [-0.1, -0.05) is 18.2 Å². The van der Waals surface area contributed by atoms with Gasteiger partial charge in [-0.3, -0.25) is 4.98 Å². The maximum atomic E-state index is 4.15. The van der Waals surface area contributed by atoms with Gasteiger partial charge in [-0.25, -0.2) is 0 Å². The molecule has 1 aromatic carbocycles. The minimum Gasteiger partial charge on any atom is -0.264 e. The SMILES string of the molecule is Cc1ccc(-c2cccnc2)c(I)c1C. The molecular formula is C13H12IN. The third kappa shape index (κ3) is 2.04. The Kier molecular flexibility index (Phi) is 3.05. The third-order valence-electron chi connectivity index (χ3n) is 2.63. The molecule has 0 saturated carbocycles. The number of nitrogens with zero attached hydrogens (tertiary/aromatic N) is 1. The van der Waals surface area contributed by atoms with E-state index in [9.17, 15) is 0 Å². The maximum Gasteiger partial charge on any atom is 0.0346 e. The highest BCUT2D eigenvalue weighted by Crippen LogP contribution is 2.28. The van der Waals surface area contributed by atoms with Gasteiger partial charge in [-0.15, -0.1) is 0 Å². The van der Waals surface area contributed by atoms with Crippen LogP contribution in [0.1, 0.15) is 11.1 Å². The van der Waals surface area contributed by atoms with Crippen molar-refractivity contribution >= 4 is 22.6 Å². The van der Waals surface area contributed by atoms with Gasteiger partial charge >= 0.3 is 0 Å². The molecule has 1 nitrogen and oxygen atoms in total. The monoisotopic (exact) mass is 309 g/mol. The van der Waals surface area contributed by atoms with Crippen molar-refractivity contribution in [1.82, 2.24) is 4.98 Å². The van der Waals surface area contributed by atoms with Crippen LogP contribution in [0.4, 0.5) is 0 Å². The van der Waals surface area contributed by atoms with E-state index in [1.807, 2.05) is 12.3 Å². The van der Waals surface area contributed by atoms with Crippen molar-refractivity contribution < 1.29 is 0 Å². The summed E-state index contributed by atoms with van der Waals surface area (Å²) < 4.78 is 1.32. The van der Waals surface area contributed by atoms with Gasteiger partial charge in [0.1, 0.15) is 0 Å². The maximum absolute atomic E-state index is 4.15. The zero-order valence-corrected chi connectivity index (χ0v) is 10.9. The second-order valence-electron chi connectivity index (χ2n) is 3.61. The number of aromatic nitrogens is 1. The lowest BCUT2D eigenvalue weighted by Gasteiger charge is -2.09. The van der Waals surface area contributed by atoms with Crippen LogP contribution in [-0.4, -0.2) is 4.98 Å². The molecule has 0 aliphatic rings. The van der Waals surface area contributed by atoms with Crippen molar-refractivity contribution in [2.45, 2.75) is 13.8 Å². The summed E-state index contributed by atoms with van der Waals surface area (Å²) in [5, 5.41) is 0. The summed E-state index contributed by atoms with van der Waals surface area (Å²) in [4.78, 5) is 4.15. The molecule has 0 atom stereocenters. The summed E-state index contributed by atoms with van der Waals surface area (Å²) in [5.41, 5.74) is 5.15. The van der Waals surface area contributed by atoms with Gasteiger partial charge in [-0.2, -0.15) is 0 Å². The molecule has 0 N–H and O–H groups in total. The number of pyridine rings is 1. The minimum absolute atomic E-state index is 1.19. The quantitative estimate of drug-likeness (QED) is 0.726. The lowest BCUT2D eigenvalue weighted by molar-refractivity contribution is 1.29. The number of rotatable bonds is 1. The van der Waals surface area contributed by atoms with Crippen LogP contribution in [0.3, 0.4) is 0 Å².